The predicted octanol–water partition coefficient (Wildman–Crippen LogP) is 0.681. The molecule has 1 saturated heterocycles. The van der Waals surface area contributed by atoms with Crippen molar-refractivity contribution in [1.29, 1.82) is 0 Å². The summed E-state index contributed by atoms with van der Waals surface area (Å²) < 4.78 is 40.5. The minimum atomic E-state index is -4.35. The minimum Gasteiger partial charge on any atom is -0.381 e. The van der Waals surface area contributed by atoms with Gasteiger partial charge in [-0.2, -0.15) is 13.2 Å². The average molecular weight is 254 g/mol. The van der Waals surface area contributed by atoms with Crippen LogP contribution in [0.3, 0.4) is 0 Å². The molecule has 1 aliphatic heterocycles. The maximum Gasteiger partial charge on any atom is 0.405 e. The molecule has 0 atom stereocenters. The maximum absolute atomic E-state index is 11.8. The highest BCUT2D eigenvalue weighted by Gasteiger charge is 2.27. The van der Waals surface area contributed by atoms with Crippen LogP contribution in [0.5, 0.6) is 0 Å². The van der Waals surface area contributed by atoms with Gasteiger partial charge in [0.15, 0.2) is 0 Å². The van der Waals surface area contributed by atoms with Crippen LogP contribution in [-0.2, 0) is 9.53 Å². The van der Waals surface area contributed by atoms with Crippen LogP contribution in [0.4, 0.5) is 13.2 Å². The van der Waals surface area contributed by atoms with Gasteiger partial charge in [-0.1, -0.05) is 0 Å². The summed E-state index contributed by atoms with van der Waals surface area (Å²) in [4.78, 5) is 11.0. The van der Waals surface area contributed by atoms with Gasteiger partial charge in [0, 0.05) is 13.2 Å². The van der Waals surface area contributed by atoms with Crippen LogP contribution in [0, 0.1) is 5.92 Å². The van der Waals surface area contributed by atoms with Crippen molar-refractivity contribution >= 4 is 5.91 Å². The Morgan fingerprint density at radius 1 is 1.29 bits per heavy atom. The van der Waals surface area contributed by atoms with Gasteiger partial charge in [-0.3, -0.25) is 4.79 Å². The molecule has 100 valence electrons. The molecule has 0 aromatic carbocycles. The van der Waals surface area contributed by atoms with E-state index in [0.29, 0.717) is 25.7 Å². The molecule has 1 amide bonds. The summed E-state index contributed by atoms with van der Waals surface area (Å²) in [5, 5.41) is 4.67. The van der Waals surface area contributed by atoms with Gasteiger partial charge >= 0.3 is 6.18 Å². The van der Waals surface area contributed by atoms with E-state index in [9.17, 15) is 18.0 Å². The third kappa shape index (κ3) is 7.17. The van der Waals surface area contributed by atoms with Crippen molar-refractivity contribution in [3.8, 4) is 0 Å². The first-order valence-corrected chi connectivity index (χ1v) is 5.59. The molecule has 4 nitrogen and oxygen atoms in total. The number of halogens is 3. The number of carbonyl (C=O) groups is 1. The molecule has 0 aromatic rings. The fourth-order valence-electron chi connectivity index (χ4n) is 1.60. The smallest absolute Gasteiger partial charge is 0.381 e. The normalized spacial score (nSPS) is 18.1. The highest BCUT2D eigenvalue weighted by Crippen LogP contribution is 2.13. The van der Waals surface area contributed by atoms with Crippen LogP contribution in [0.25, 0.3) is 0 Å². The van der Waals surface area contributed by atoms with Gasteiger partial charge in [-0.15, -0.1) is 0 Å². The first kappa shape index (κ1) is 14.2. The second kappa shape index (κ2) is 6.80. The fourth-order valence-corrected chi connectivity index (χ4v) is 1.60. The molecule has 0 aromatic heterocycles. The Balaban J connectivity index is 2.03. The van der Waals surface area contributed by atoms with Crippen molar-refractivity contribution < 1.29 is 22.7 Å². The Hall–Kier alpha value is -0.820. The Labute approximate surface area is 97.9 Å². The van der Waals surface area contributed by atoms with Crippen LogP contribution in [0.2, 0.25) is 0 Å². The minimum absolute atomic E-state index is 0.0760. The molecule has 1 rings (SSSR count). The molecular formula is C10H17F3N2O2. The average Bonchev–Trinajstić information content (AvgIpc) is 2.27. The molecule has 0 bridgehead atoms. The molecule has 1 fully saturated rings. The summed E-state index contributed by atoms with van der Waals surface area (Å²) in [5.41, 5.74) is 0. The topological polar surface area (TPSA) is 50.4 Å². The zero-order valence-electron chi connectivity index (χ0n) is 9.48. The lowest BCUT2D eigenvalue weighted by Gasteiger charge is -2.22. The van der Waals surface area contributed by atoms with Crippen molar-refractivity contribution in [3.63, 3.8) is 0 Å². The molecule has 0 radical (unpaired) electrons. The van der Waals surface area contributed by atoms with Gasteiger partial charge in [0.05, 0.1) is 6.54 Å². The van der Waals surface area contributed by atoms with E-state index >= 15 is 0 Å². The number of amides is 1. The van der Waals surface area contributed by atoms with Gasteiger partial charge in [-0.05, 0) is 25.3 Å². The summed E-state index contributed by atoms with van der Waals surface area (Å²) in [6.45, 7) is 0.722. The lowest BCUT2D eigenvalue weighted by atomic mass is 10.0. The van der Waals surface area contributed by atoms with Gasteiger partial charge in [-0.25, -0.2) is 0 Å². The lowest BCUT2D eigenvalue weighted by Crippen LogP contribution is -2.40. The van der Waals surface area contributed by atoms with Crippen molar-refractivity contribution in [2.45, 2.75) is 19.0 Å². The van der Waals surface area contributed by atoms with Crippen LogP contribution < -0.4 is 10.6 Å². The Morgan fingerprint density at radius 2 is 1.94 bits per heavy atom. The summed E-state index contributed by atoms with van der Waals surface area (Å²) >= 11 is 0. The van der Waals surface area contributed by atoms with Crippen molar-refractivity contribution in [3.05, 3.63) is 0 Å². The van der Waals surface area contributed by atoms with E-state index in [1.54, 1.807) is 0 Å². The third-order valence-corrected chi connectivity index (χ3v) is 2.55. The number of hydrogen-bond donors (Lipinski definition) is 2. The Morgan fingerprint density at radius 3 is 2.53 bits per heavy atom. The summed E-state index contributed by atoms with van der Waals surface area (Å²) in [5.74, 6) is -0.187. The SMILES string of the molecule is O=C(CNCC1CCOCC1)NCC(F)(F)F. The summed E-state index contributed by atoms with van der Waals surface area (Å²) in [6, 6.07) is 0. The zero-order valence-corrected chi connectivity index (χ0v) is 9.48. The number of alkyl halides is 3. The molecule has 17 heavy (non-hydrogen) atoms. The highest BCUT2D eigenvalue weighted by molar-refractivity contribution is 5.77. The standard InChI is InChI=1S/C10H17F3N2O2/c11-10(12,13)7-15-9(16)6-14-5-8-1-3-17-4-2-8/h8,14H,1-7H2,(H,15,16). The van der Waals surface area contributed by atoms with Crippen molar-refractivity contribution in [1.82, 2.24) is 10.6 Å². The molecule has 0 spiro atoms. The third-order valence-electron chi connectivity index (χ3n) is 2.55. The van der Waals surface area contributed by atoms with Gasteiger partial charge < -0.3 is 15.4 Å². The van der Waals surface area contributed by atoms with Crippen LogP contribution in [-0.4, -0.2) is 44.9 Å². The van der Waals surface area contributed by atoms with E-state index in [1.165, 1.54) is 0 Å². The second-order valence-electron chi connectivity index (χ2n) is 4.08. The van der Waals surface area contributed by atoms with E-state index in [2.05, 4.69) is 5.32 Å². The first-order chi connectivity index (χ1) is 7.97. The molecule has 1 heterocycles. The number of ether oxygens (including phenoxy) is 1. The van der Waals surface area contributed by atoms with E-state index in [4.69, 9.17) is 4.74 Å². The molecule has 0 unspecified atom stereocenters. The van der Waals surface area contributed by atoms with Crippen molar-refractivity contribution in [2.24, 2.45) is 5.92 Å². The predicted molar refractivity (Wildman–Crippen MR) is 55.5 cm³/mol. The Bertz CT molecular complexity index is 240. The Kier molecular flexibility index (Phi) is 5.70. The molecule has 7 heteroatoms. The monoisotopic (exact) mass is 254 g/mol. The van der Waals surface area contributed by atoms with E-state index < -0.39 is 18.6 Å². The van der Waals surface area contributed by atoms with Crippen LogP contribution in [0.15, 0.2) is 0 Å². The summed E-state index contributed by atoms with van der Waals surface area (Å²) in [6.07, 6.45) is -2.50. The van der Waals surface area contributed by atoms with Gasteiger partial charge in [0.1, 0.15) is 6.54 Å². The molecular weight excluding hydrogens is 237 g/mol. The molecule has 1 aliphatic rings. The van der Waals surface area contributed by atoms with E-state index in [-0.39, 0.29) is 6.54 Å². The number of carbonyl (C=O) groups excluding carboxylic acids is 1. The van der Waals surface area contributed by atoms with E-state index in [0.717, 1.165) is 12.8 Å². The van der Waals surface area contributed by atoms with Crippen molar-refractivity contribution in [2.75, 3.05) is 32.8 Å². The molecule has 2 N–H and O–H groups in total. The zero-order chi connectivity index (χ0) is 12.7. The van der Waals surface area contributed by atoms with Gasteiger partial charge in [0.2, 0.25) is 5.91 Å². The molecule has 0 aliphatic carbocycles. The van der Waals surface area contributed by atoms with E-state index in [1.807, 2.05) is 5.32 Å². The largest absolute Gasteiger partial charge is 0.405 e. The lowest BCUT2D eigenvalue weighted by molar-refractivity contribution is -0.137. The van der Waals surface area contributed by atoms with Crippen LogP contribution >= 0.6 is 0 Å². The number of hydrogen-bond acceptors (Lipinski definition) is 3. The summed E-state index contributed by atoms with van der Waals surface area (Å²) in [7, 11) is 0. The van der Waals surface area contributed by atoms with Crippen LogP contribution in [0.1, 0.15) is 12.8 Å². The number of rotatable bonds is 5. The van der Waals surface area contributed by atoms with Gasteiger partial charge in [0.25, 0.3) is 0 Å². The fraction of sp³-hybridized carbons (Fsp3) is 0.900. The number of nitrogens with one attached hydrogen (secondary N) is 2. The first-order valence-electron chi connectivity index (χ1n) is 5.59. The molecule has 0 saturated carbocycles. The maximum atomic E-state index is 11.8. The second-order valence-corrected chi connectivity index (χ2v) is 4.08. The highest BCUT2D eigenvalue weighted by atomic mass is 19.4. The quantitative estimate of drug-likeness (QED) is 0.758.